The van der Waals surface area contributed by atoms with Gasteiger partial charge in [0.25, 0.3) is 5.91 Å². The maximum atomic E-state index is 13.2. The van der Waals surface area contributed by atoms with Gasteiger partial charge in [-0.3, -0.25) is 9.69 Å². The number of nitrogens with zero attached hydrogens (tertiary/aromatic N) is 2. The minimum absolute atomic E-state index is 0.0674. The first-order valence-electron chi connectivity index (χ1n) is 8.59. The largest absolute Gasteiger partial charge is 0.338 e. The Morgan fingerprint density at radius 3 is 2.69 bits per heavy atom. The second-order valence-corrected chi connectivity index (χ2v) is 8.29. The van der Waals surface area contributed by atoms with Gasteiger partial charge in [-0.25, -0.2) is 4.98 Å². The third-order valence-electron chi connectivity index (χ3n) is 4.20. The van der Waals surface area contributed by atoms with Gasteiger partial charge in [0.15, 0.2) is 5.13 Å². The number of fused-ring (bicyclic) bond motifs is 1. The molecule has 0 aliphatic heterocycles. The predicted octanol–water partition coefficient (Wildman–Crippen LogP) is 3.36. The quantitative estimate of drug-likeness (QED) is 0.727. The molecule has 1 heterocycles. The molecule has 0 atom stereocenters. The molecular formula is C20H23ClN3OS+. The van der Waals surface area contributed by atoms with Crippen molar-refractivity contribution < 1.29 is 9.69 Å². The topological polar surface area (TPSA) is 37.6 Å². The lowest BCUT2D eigenvalue weighted by Gasteiger charge is -2.20. The second-order valence-electron chi connectivity index (χ2n) is 6.85. The first-order valence-corrected chi connectivity index (χ1v) is 9.79. The summed E-state index contributed by atoms with van der Waals surface area (Å²) in [6.07, 6.45) is 0. The van der Waals surface area contributed by atoms with E-state index >= 15 is 0 Å². The minimum Gasteiger partial charge on any atom is -0.338 e. The Morgan fingerprint density at radius 2 is 2.00 bits per heavy atom. The molecule has 0 saturated carbocycles. The first kappa shape index (κ1) is 18.8. The van der Waals surface area contributed by atoms with Gasteiger partial charge in [-0.1, -0.05) is 35.1 Å². The number of carbonyl (C=O) groups is 1. The summed E-state index contributed by atoms with van der Waals surface area (Å²) in [4.78, 5) is 21.0. The molecule has 0 radical (unpaired) electrons. The number of hydrogen-bond donors (Lipinski definition) is 1. The average Bonchev–Trinajstić information content (AvgIpc) is 2.98. The van der Waals surface area contributed by atoms with E-state index in [1.165, 1.54) is 10.5 Å². The third-order valence-corrected chi connectivity index (χ3v) is 5.46. The minimum atomic E-state index is -0.0674. The van der Waals surface area contributed by atoms with E-state index in [9.17, 15) is 4.79 Å². The molecule has 26 heavy (non-hydrogen) atoms. The molecule has 1 aromatic heterocycles. The molecule has 0 aliphatic rings. The summed E-state index contributed by atoms with van der Waals surface area (Å²) in [5.41, 5.74) is 3.89. The summed E-state index contributed by atoms with van der Waals surface area (Å²) in [7, 11) is 4.15. The number of benzene rings is 2. The summed E-state index contributed by atoms with van der Waals surface area (Å²) >= 11 is 7.65. The first-order chi connectivity index (χ1) is 12.3. The van der Waals surface area contributed by atoms with Gasteiger partial charge in [0.05, 0.1) is 37.4 Å². The van der Waals surface area contributed by atoms with Crippen LogP contribution in [0.2, 0.25) is 5.02 Å². The fourth-order valence-electron chi connectivity index (χ4n) is 2.87. The SMILES string of the molecule is Cc1cc(C)c2nc(N(CC[NH+](C)C)C(=O)c3cccc(Cl)c3)sc2c1. The lowest BCUT2D eigenvalue weighted by Crippen LogP contribution is -3.06. The predicted molar refractivity (Wildman–Crippen MR) is 110 cm³/mol. The van der Waals surface area contributed by atoms with E-state index < -0.39 is 0 Å². The van der Waals surface area contributed by atoms with Crippen LogP contribution in [0, 0.1) is 13.8 Å². The van der Waals surface area contributed by atoms with Crippen LogP contribution in [0.15, 0.2) is 36.4 Å². The lowest BCUT2D eigenvalue weighted by molar-refractivity contribution is -0.856. The van der Waals surface area contributed by atoms with Crippen LogP contribution < -0.4 is 9.80 Å². The highest BCUT2D eigenvalue weighted by atomic mass is 35.5. The van der Waals surface area contributed by atoms with Crippen LogP contribution in [0.5, 0.6) is 0 Å². The van der Waals surface area contributed by atoms with Crippen molar-refractivity contribution in [2.75, 3.05) is 32.1 Å². The number of thiazole rings is 1. The number of carbonyl (C=O) groups excluding carboxylic acids is 1. The van der Waals surface area contributed by atoms with E-state index in [2.05, 4.69) is 40.1 Å². The Kier molecular flexibility index (Phi) is 5.61. The highest BCUT2D eigenvalue weighted by Gasteiger charge is 2.22. The number of anilines is 1. The number of aryl methyl sites for hydroxylation is 2. The van der Waals surface area contributed by atoms with Crippen LogP contribution in [0.4, 0.5) is 5.13 Å². The van der Waals surface area contributed by atoms with Crippen LogP contribution in [-0.2, 0) is 0 Å². The molecule has 0 saturated heterocycles. The summed E-state index contributed by atoms with van der Waals surface area (Å²) in [5.74, 6) is -0.0674. The molecule has 0 unspecified atom stereocenters. The number of aromatic nitrogens is 1. The Hall–Kier alpha value is -1.95. The zero-order valence-corrected chi connectivity index (χ0v) is 17.0. The Balaban J connectivity index is 2.03. The number of halogens is 1. The Bertz CT molecular complexity index is 951. The number of amides is 1. The number of likely N-dealkylation sites (N-methyl/N-ethyl adjacent to an activating group) is 1. The molecule has 4 nitrogen and oxygen atoms in total. The normalized spacial score (nSPS) is 11.3. The summed E-state index contributed by atoms with van der Waals surface area (Å²) in [6, 6.07) is 11.3. The molecule has 0 bridgehead atoms. The van der Waals surface area contributed by atoms with Crippen molar-refractivity contribution in [3.63, 3.8) is 0 Å². The van der Waals surface area contributed by atoms with Crippen molar-refractivity contribution in [2.45, 2.75) is 13.8 Å². The number of rotatable bonds is 5. The Morgan fingerprint density at radius 1 is 1.23 bits per heavy atom. The summed E-state index contributed by atoms with van der Waals surface area (Å²) < 4.78 is 1.11. The highest BCUT2D eigenvalue weighted by Crippen LogP contribution is 2.32. The second kappa shape index (κ2) is 7.74. The van der Waals surface area contributed by atoms with Crippen molar-refractivity contribution in [2.24, 2.45) is 0 Å². The molecule has 6 heteroatoms. The van der Waals surface area contributed by atoms with E-state index in [0.717, 1.165) is 27.5 Å². The molecule has 3 rings (SSSR count). The van der Waals surface area contributed by atoms with Crippen molar-refractivity contribution in [1.82, 2.24) is 4.98 Å². The van der Waals surface area contributed by atoms with E-state index in [0.29, 0.717) is 17.1 Å². The lowest BCUT2D eigenvalue weighted by atomic mass is 10.1. The van der Waals surface area contributed by atoms with Gasteiger partial charge < -0.3 is 4.90 Å². The smallest absolute Gasteiger partial charge is 0.260 e. The fraction of sp³-hybridized carbons (Fsp3) is 0.300. The number of hydrogen-bond acceptors (Lipinski definition) is 3. The van der Waals surface area contributed by atoms with Gasteiger partial charge in [0, 0.05) is 10.6 Å². The summed E-state index contributed by atoms with van der Waals surface area (Å²) in [6.45, 7) is 5.58. The average molecular weight is 389 g/mol. The zero-order chi connectivity index (χ0) is 18.8. The van der Waals surface area contributed by atoms with Gasteiger partial charge in [-0.2, -0.15) is 0 Å². The van der Waals surface area contributed by atoms with Gasteiger partial charge in [-0.05, 0) is 49.2 Å². The number of nitrogens with one attached hydrogen (secondary N) is 1. The van der Waals surface area contributed by atoms with E-state index in [1.807, 2.05) is 0 Å². The summed E-state index contributed by atoms with van der Waals surface area (Å²) in [5, 5.41) is 1.30. The van der Waals surface area contributed by atoms with Crippen molar-refractivity contribution in [3.8, 4) is 0 Å². The molecule has 0 fully saturated rings. The maximum absolute atomic E-state index is 13.2. The van der Waals surface area contributed by atoms with Crippen molar-refractivity contribution in [3.05, 3.63) is 58.1 Å². The standard InChI is InChI=1S/C20H22ClN3OS/c1-13-10-14(2)18-17(11-13)26-20(22-18)24(9-8-23(3)4)19(25)15-6-5-7-16(21)12-15/h5-7,10-12H,8-9H2,1-4H3/p+1. The fourth-order valence-corrected chi connectivity index (χ4v) is 4.23. The number of quaternary nitrogens is 1. The Labute approximate surface area is 163 Å². The van der Waals surface area contributed by atoms with Crippen molar-refractivity contribution in [1.29, 1.82) is 0 Å². The van der Waals surface area contributed by atoms with Crippen LogP contribution in [0.3, 0.4) is 0 Å². The van der Waals surface area contributed by atoms with Gasteiger partial charge in [0.1, 0.15) is 0 Å². The van der Waals surface area contributed by atoms with E-state index in [1.54, 1.807) is 40.5 Å². The third kappa shape index (κ3) is 4.06. The van der Waals surface area contributed by atoms with Gasteiger partial charge in [0.2, 0.25) is 0 Å². The molecule has 1 N–H and O–H groups in total. The maximum Gasteiger partial charge on any atom is 0.260 e. The van der Waals surface area contributed by atoms with Gasteiger partial charge in [-0.15, -0.1) is 0 Å². The monoisotopic (exact) mass is 388 g/mol. The molecule has 136 valence electrons. The molecule has 0 spiro atoms. The van der Waals surface area contributed by atoms with Crippen LogP contribution in [0.25, 0.3) is 10.2 Å². The highest BCUT2D eigenvalue weighted by molar-refractivity contribution is 7.22. The molecule has 2 aromatic carbocycles. The van der Waals surface area contributed by atoms with Crippen LogP contribution in [-0.4, -0.2) is 38.1 Å². The van der Waals surface area contributed by atoms with Crippen LogP contribution in [0.1, 0.15) is 21.5 Å². The zero-order valence-electron chi connectivity index (χ0n) is 15.5. The molecule has 1 amide bonds. The molecular weight excluding hydrogens is 366 g/mol. The van der Waals surface area contributed by atoms with Gasteiger partial charge >= 0.3 is 0 Å². The molecule has 0 aliphatic carbocycles. The van der Waals surface area contributed by atoms with Crippen LogP contribution >= 0.6 is 22.9 Å². The van der Waals surface area contributed by atoms with E-state index in [4.69, 9.17) is 16.6 Å². The van der Waals surface area contributed by atoms with E-state index in [-0.39, 0.29) is 5.91 Å². The molecule has 3 aromatic rings. The van der Waals surface area contributed by atoms with Crippen molar-refractivity contribution >= 4 is 44.2 Å².